The van der Waals surface area contributed by atoms with Gasteiger partial charge in [-0.15, -0.1) is 0 Å². The molecule has 2 aromatic rings. The number of amides is 2. The van der Waals surface area contributed by atoms with Gasteiger partial charge in [0.2, 0.25) is 5.91 Å². The Morgan fingerprint density at radius 3 is 2.68 bits per heavy atom. The number of likely N-dealkylation sites (tertiary alicyclic amines) is 1. The molecule has 1 aliphatic rings. The summed E-state index contributed by atoms with van der Waals surface area (Å²) < 4.78 is 6.06. The molecule has 1 atom stereocenters. The zero-order chi connectivity index (χ0) is 19.8. The number of benzene rings is 2. The van der Waals surface area contributed by atoms with Crippen molar-refractivity contribution in [1.82, 2.24) is 10.2 Å². The third-order valence-electron chi connectivity index (χ3n) is 4.42. The topological polar surface area (TPSA) is 58.6 Å². The highest BCUT2D eigenvalue weighted by Gasteiger charge is 2.27. The lowest BCUT2D eigenvalue weighted by Gasteiger charge is -2.20. The van der Waals surface area contributed by atoms with Crippen molar-refractivity contribution in [2.45, 2.75) is 25.5 Å². The number of halogens is 1. The van der Waals surface area contributed by atoms with Crippen LogP contribution in [0.15, 0.2) is 59.1 Å². The van der Waals surface area contributed by atoms with Gasteiger partial charge in [0, 0.05) is 16.6 Å². The van der Waals surface area contributed by atoms with Crippen molar-refractivity contribution in [1.29, 1.82) is 0 Å². The van der Waals surface area contributed by atoms with Crippen molar-refractivity contribution in [3.63, 3.8) is 0 Å². The summed E-state index contributed by atoms with van der Waals surface area (Å²) in [5.74, 6) is 6.17. The van der Waals surface area contributed by atoms with Crippen LogP contribution in [0.4, 0.5) is 4.79 Å². The molecule has 28 heavy (non-hydrogen) atoms. The van der Waals surface area contributed by atoms with Crippen LogP contribution in [0, 0.1) is 11.8 Å². The first-order chi connectivity index (χ1) is 13.6. The standard InChI is InChI=1S/C22H21BrN2O3/c23-20-11-5-4-9-18(20)12-13-19-10-6-14-25(19)21(26)15-24-22(27)28-16-17-7-2-1-3-8-17/h1-5,7-9,11,19H,6,10,14-16H2,(H,24,27). The van der Waals surface area contributed by atoms with E-state index in [1.54, 1.807) is 4.90 Å². The maximum Gasteiger partial charge on any atom is 0.407 e. The number of carbonyl (C=O) groups is 2. The molecule has 1 unspecified atom stereocenters. The molecule has 6 heteroatoms. The second-order valence-corrected chi connectivity index (χ2v) is 7.26. The van der Waals surface area contributed by atoms with E-state index < -0.39 is 6.09 Å². The zero-order valence-corrected chi connectivity index (χ0v) is 16.9. The second kappa shape index (κ2) is 9.95. The van der Waals surface area contributed by atoms with Gasteiger partial charge in [-0.2, -0.15) is 0 Å². The number of hydrogen-bond donors (Lipinski definition) is 1. The van der Waals surface area contributed by atoms with Gasteiger partial charge in [-0.3, -0.25) is 4.79 Å². The SMILES string of the molecule is O=C(NCC(=O)N1CCCC1C#Cc1ccccc1Br)OCc1ccccc1. The molecule has 0 bridgehead atoms. The van der Waals surface area contributed by atoms with Crippen molar-refractivity contribution in [3.8, 4) is 11.8 Å². The fourth-order valence-electron chi connectivity index (χ4n) is 2.96. The van der Waals surface area contributed by atoms with Gasteiger partial charge in [-0.05, 0) is 46.5 Å². The van der Waals surface area contributed by atoms with Crippen LogP contribution in [0.3, 0.4) is 0 Å². The lowest BCUT2D eigenvalue weighted by Crippen LogP contribution is -2.42. The first-order valence-corrected chi connectivity index (χ1v) is 9.93. The zero-order valence-electron chi connectivity index (χ0n) is 15.4. The number of nitrogens with one attached hydrogen (secondary N) is 1. The van der Waals surface area contributed by atoms with Crippen LogP contribution in [0.25, 0.3) is 0 Å². The lowest BCUT2D eigenvalue weighted by molar-refractivity contribution is -0.130. The van der Waals surface area contributed by atoms with Gasteiger partial charge >= 0.3 is 6.09 Å². The van der Waals surface area contributed by atoms with Gasteiger partial charge in [-0.1, -0.05) is 54.3 Å². The van der Waals surface area contributed by atoms with Gasteiger partial charge in [0.15, 0.2) is 0 Å². The fraction of sp³-hybridized carbons (Fsp3) is 0.273. The first-order valence-electron chi connectivity index (χ1n) is 9.13. The number of hydrogen-bond acceptors (Lipinski definition) is 3. The summed E-state index contributed by atoms with van der Waals surface area (Å²) in [5, 5.41) is 2.52. The third-order valence-corrected chi connectivity index (χ3v) is 5.11. The van der Waals surface area contributed by atoms with Crippen LogP contribution in [0.1, 0.15) is 24.0 Å². The Morgan fingerprint density at radius 1 is 1.14 bits per heavy atom. The molecule has 1 aliphatic heterocycles. The summed E-state index contributed by atoms with van der Waals surface area (Å²) in [7, 11) is 0. The highest BCUT2D eigenvalue weighted by Crippen LogP contribution is 2.18. The molecule has 0 radical (unpaired) electrons. The molecule has 2 amide bonds. The summed E-state index contributed by atoms with van der Waals surface area (Å²) >= 11 is 3.48. The number of rotatable bonds is 4. The molecule has 0 saturated carbocycles. The first kappa shape index (κ1) is 20.0. The molecule has 3 rings (SSSR count). The van der Waals surface area contributed by atoms with E-state index >= 15 is 0 Å². The average molecular weight is 441 g/mol. The molecule has 0 aromatic heterocycles. The maximum atomic E-state index is 12.5. The highest BCUT2D eigenvalue weighted by atomic mass is 79.9. The van der Waals surface area contributed by atoms with Gasteiger partial charge in [0.05, 0.1) is 6.04 Å². The Hall–Kier alpha value is -2.78. The van der Waals surface area contributed by atoms with E-state index in [0.717, 1.165) is 28.4 Å². The van der Waals surface area contributed by atoms with Crippen molar-refractivity contribution < 1.29 is 14.3 Å². The minimum absolute atomic E-state index is 0.0964. The molecular weight excluding hydrogens is 420 g/mol. The summed E-state index contributed by atoms with van der Waals surface area (Å²) in [6.07, 6.45) is 1.13. The van der Waals surface area contributed by atoms with Crippen LogP contribution in [0.5, 0.6) is 0 Å². The van der Waals surface area contributed by atoms with Crippen LogP contribution in [0.2, 0.25) is 0 Å². The molecule has 1 N–H and O–H groups in total. The van der Waals surface area contributed by atoms with Gasteiger partial charge < -0.3 is 15.0 Å². The molecule has 1 heterocycles. The van der Waals surface area contributed by atoms with Crippen molar-refractivity contribution in [2.75, 3.05) is 13.1 Å². The van der Waals surface area contributed by atoms with E-state index in [4.69, 9.17) is 4.74 Å². The van der Waals surface area contributed by atoms with Crippen molar-refractivity contribution >= 4 is 27.9 Å². The molecule has 0 spiro atoms. The van der Waals surface area contributed by atoms with Crippen LogP contribution >= 0.6 is 15.9 Å². The Balaban J connectivity index is 1.49. The predicted molar refractivity (Wildman–Crippen MR) is 110 cm³/mol. The monoisotopic (exact) mass is 440 g/mol. The Labute approximate surface area is 173 Å². The van der Waals surface area contributed by atoms with Crippen molar-refractivity contribution in [2.24, 2.45) is 0 Å². The fourth-order valence-corrected chi connectivity index (χ4v) is 3.35. The number of nitrogens with zero attached hydrogens (tertiary/aromatic N) is 1. The van der Waals surface area contributed by atoms with Crippen LogP contribution in [-0.2, 0) is 16.1 Å². The largest absolute Gasteiger partial charge is 0.445 e. The van der Waals surface area contributed by atoms with Crippen LogP contribution < -0.4 is 5.32 Å². The summed E-state index contributed by atoms with van der Waals surface area (Å²) in [6, 6.07) is 17.0. The number of ether oxygens (including phenoxy) is 1. The van der Waals surface area contributed by atoms with E-state index in [-0.39, 0.29) is 25.1 Å². The smallest absolute Gasteiger partial charge is 0.407 e. The summed E-state index contributed by atoms with van der Waals surface area (Å²) in [6.45, 7) is 0.723. The minimum Gasteiger partial charge on any atom is -0.445 e. The summed E-state index contributed by atoms with van der Waals surface area (Å²) in [4.78, 5) is 26.0. The highest BCUT2D eigenvalue weighted by molar-refractivity contribution is 9.10. The normalized spacial score (nSPS) is 15.5. The van der Waals surface area contributed by atoms with E-state index in [1.807, 2.05) is 54.6 Å². The molecule has 1 fully saturated rings. The van der Waals surface area contributed by atoms with Gasteiger partial charge in [-0.25, -0.2) is 4.79 Å². The van der Waals surface area contributed by atoms with Crippen LogP contribution in [-0.4, -0.2) is 36.0 Å². The Kier molecular flexibility index (Phi) is 7.10. The Bertz CT molecular complexity index is 889. The Morgan fingerprint density at radius 2 is 1.89 bits per heavy atom. The lowest BCUT2D eigenvalue weighted by atomic mass is 10.2. The van der Waals surface area contributed by atoms with Crippen molar-refractivity contribution in [3.05, 3.63) is 70.2 Å². The van der Waals surface area contributed by atoms with Gasteiger partial charge in [0.1, 0.15) is 13.2 Å². The number of alkyl carbamates (subject to hydrolysis) is 1. The van der Waals surface area contributed by atoms with E-state index in [0.29, 0.717) is 6.54 Å². The van der Waals surface area contributed by atoms with E-state index in [1.165, 1.54) is 0 Å². The molecular formula is C22H21BrN2O3. The van der Waals surface area contributed by atoms with E-state index in [9.17, 15) is 9.59 Å². The average Bonchev–Trinajstić information content (AvgIpc) is 3.19. The molecule has 1 saturated heterocycles. The quantitative estimate of drug-likeness (QED) is 0.736. The predicted octanol–water partition coefficient (Wildman–Crippen LogP) is 3.72. The third kappa shape index (κ3) is 5.61. The minimum atomic E-state index is -0.604. The maximum absolute atomic E-state index is 12.5. The molecule has 2 aromatic carbocycles. The molecule has 144 valence electrons. The number of carbonyl (C=O) groups excluding carboxylic acids is 2. The van der Waals surface area contributed by atoms with E-state index in [2.05, 4.69) is 33.1 Å². The second-order valence-electron chi connectivity index (χ2n) is 6.41. The van der Waals surface area contributed by atoms with Gasteiger partial charge in [0.25, 0.3) is 0 Å². The molecule has 0 aliphatic carbocycles. The summed E-state index contributed by atoms with van der Waals surface area (Å²) in [5.41, 5.74) is 1.79. The molecule has 5 nitrogen and oxygen atoms in total.